The van der Waals surface area contributed by atoms with E-state index in [0.29, 0.717) is 10.7 Å². The number of hydrogen-bond donors (Lipinski definition) is 1. The summed E-state index contributed by atoms with van der Waals surface area (Å²) < 4.78 is 13.3. The number of nitrogens with zero attached hydrogens (tertiary/aromatic N) is 1. The van der Waals surface area contributed by atoms with Crippen molar-refractivity contribution in [2.45, 2.75) is 0 Å². The third kappa shape index (κ3) is 3.13. The van der Waals surface area contributed by atoms with Gasteiger partial charge in [0.25, 0.3) is 5.69 Å². The lowest BCUT2D eigenvalue weighted by atomic mass is 10.2. The summed E-state index contributed by atoms with van der Waals surface area (Å²) in [6.07, 6.45) is 0. The molecule has 0 radical (unpaired) electrons. The van der Waals surface area contributed by atoms with Crippen molar-refractivity contribution in [2.75, 3.05) is 5.32 Å². The molecule has 0 saturated heterocycles. The summed E-state index contributed by atoms with van der Waals surface area (Å²) >= 11 is 11.8. The number of rotatable bonds is 3. The molecule has 0 saturated carbocycles. The molecule has 0 aliphatic carbocycles. The fraction of sp³-hybridized carbons (Fsp3) is 0. The lowest BCUT2D eigenvalue weighted by Crippen LogP contribution is -1.95. The van der Waals surface area contributed by atoms with E-state index in [1.54, 1.807) is 18.2 Å². The van der Waals surface area contributed by atoms with Crippen molar-refractivity contribution in [3.63, 3.8) is 0 Å². The number of anilines is 2. The van der Waals surface area contributed by atoms with Gasteiger partial charge in [-0.05, 0) is 18.2 Å². The van der Waals surface area contributed by atoms with Crippen molar-refractivity contribution in [1.82, 2.24) is 0 Å². The van der Waals surface area contributed by atoms with E-state index in [-0.39, 0.29) is 16.4 Å². The number of hydrogen-bond acceptors (Lipinski definition) is 3. The molecule has 0 fully saturated rings. The van der Waals surface area contributed by atoms with Gasteiger partial charge in [0.2, 0.25) is 0 Å². The highest BCUT2D eigenvalue weighted by atomic mass is 35.5. The highest BCUT2D eigenvalue weighted by Crippen LogP contribution is 2.32. The van der Waals surface area contributed by atoms with Crippen LogP contribution in [0.15, 0.2) is 36.4 Å². The molecule has 2 rings (SSSR count). The zero-order valence-corrected chi connectivity index (χ0v) is 10.9. The van der Waals surface area contributed by atoms with Crippen LogP contribution in [0.3, 0.4) is 0 Å². The fourth-order valence-electron chi connectivity index (χ4n) is 1.51. The molecule has 0 amide bonds. The number of nitro groups is 1. The molecule has 0 spiro atoms. The first-order valence-electron chi connectivity index (χ1n) is 5.13. The first kappa shape index (κ1) is 13.6. The van der Waals surface area contributed by atoms with Crippen LogP contribution in [-0.4, -0.2) is 4.92 Å². The first-order valence-corrected chi connectivity index (χ1v) is 5.89. The fourth-order valence-corrected chi connectivity index (χ4v) is 1.86. The summed E-state index contributed by atoms with van der Waals surface area (Å²) in [6.45, 7) is 0. The van der Waals surface area contributed by atoms with Gasteiger partial charge in [-0.1, -0.05) is 29.3 Å². The highest BCUT2D eigenvalue weighted by molar-refractivity contribution is 6.43. The Balaban J connectivity index is 2.38. The van der Waals surface area contributed by atoms with Gasteiger partial charge in [-0.3, -0.25) is 10.1 Å². The molecule has 0 heterocycles. The normalized spacial score (nSPS) is 10.3. The second-order valence-corrected chi connectivity index (χ2v) is 4.47. The predicted octanol–water partition coefficient (Wildman–Crippen LogP) is 4.78. The average molecular weight is 301 g/mol. The predicted molar refractivity (Wildman–Crippen MR) is 72.8 cm³/mol. The molecule has 0 unspecified atom stereocenters. The van der Waals surface area contributed by atoms with Gasteiger partial charge in [0, 0.05) is 11.8 Å². The zero-order valence-electron chi connectivity index (χ0n) is 9.36. The van der Waals surface area contributed by atoms with Crippen molar-refractivity contribution in [1.29, 1.82) is 0 Å². The lowest BCUT2D eigenvalue weighted by Gasteiger charge is -2.09. The molecule has 0 atom stereocenters. The molecule has 0 aliphatic heterocycles. The van der Waals surface area contributed by atoms with Crippen LogP contribution < -0.4 is 5.32 Å². The lowest BCUT2D eigenvalue weighted by molar-refractivity contribution is -0.385. The standard InChI is InChI=1S/C12H7Cl2FN2O2/c13-10-2-1-3-11(12(10)14)16-8-4-7(15)5-9(6-8)17(18)19/h1-6,16H. The summed E-state index contributed by atoms with van der Waals surface area (Å²) in [5, 5.41) is 14.0. The van der Waals surface area contributed by atoms with Crippen LogP contribution in [0, 0.1) is 15.9 Å². The summed E-state index contributed by atoms with van der Waals surface area (Å²) in [6, 6.07) is 8.06. The molecule has 7 heteroatoms. The average Bonchev–Trinajstić information content (AvgIpc) is 2.34. The minimum atomic E-state index is -0.713. The Bertz CT molecular complexity index is 650. The highest BCUT2D eigenvalue weighted by Gasteiger charge is 2.11. The van der Waals surface area contributed by atoms with Crippen LogP contribution in [0.25, 0.3) is 0 Å². The van der Waals surface area contributed by atoms with E-state index >= 15 is 0 Å². The minimum Gasteiger partial charge on any atom is -0.354 e. The molecule has 19 heavy (non-hydrogen) atoms. The summed E-state index contributed by atoms with van der Waals surface area (Å²) in [5.41, 5.74) is 0.311. The third-order valence-electron chi connectivity index (χ3n) is 2.32. The summed E-state index contributed by atoms with van der Waals surface area (Å²) in [5.74, 6) is -0.713. The van der Waals surface area contributed by atoms with Gasteiger partial charge in [0.05, 0.1) is 26.7 Å². The molecule has 2 aromatic rings. The Morgan fingerprint density at radius 3 is 2.63 bits per heavy atom. The van der Waals surface area contributed by atoms with E-state index in [2.05, 4.69) is 5.32 Å². The van der Waals surface area contributed by atoms with Gasteiger partial charge in [0.1, 0.15) is 5.82 Å². The molecular weight excluding hydrogens is 294 g/mol. The molecule has 1 N–H and O–H groups in total. The van der Waals surface area contributed by atoms with Gasteiger partial charge < -0.3 is 5.32 Å². The van der Waals surface area contributed by atoms with E-state index < -0.39 is 10.7 Å². The number of nitrogens with one attached hydrogen (secondary N) is 1. The van der Waals surface area contributed by atoms with Crippen molar-refractivity contribution >= 4 is 40.3 Å². The molecule has 98 valence electrons. The van der Waals surface area contributed by atoms with E-state index in [4.69, 9.17) is 23.2 Å². The molecule has 0 bridgehead atoms. The van der Waals surface area contributed by atoms with E-state index in [0.717, 1.165) is 12.1 Å². The third-order valence-corrected chi connectivity index (χ3v) is 3.14. The molecule has 4 nitrogen and oxygen atoms in total. The summed E-state index contributed by atoms with van der Waals surface area (Å²) in [7, 11) is 0. The number of benzene rings is 2. The summed E-state index contributed by atoms with van der Waals surface area (Å²) in [4.78, 5) is 9.97. The Hall–Kier alpha value is -1.85. The quantitative estimate of drug-likeness (QED) is 0.655. The van der Waals surface area contributed by atoms with Crippen LogP contribution in [0.4, 0.5) is 21.5 Å². The van der Waals surface area contributed by atoms with Crippen molar-refractivity contribution in [2.24, 2.45) is 0 Å². The Morgan fingerprint density at radius 1 is 1.21 bits per heavy atom. The Morgan fingerprint density at radius 2 is 1.95 bits per heavy atom. The number of non-ortho nitro benzene ring substituents is 1. The van der Waals surface area contributed by atoms with Crippen LogP contribution in [0.5, 0.6) is 0 Å². The van der Waals surface area contributed by atoms with Gasteiger partial charge >= 0.3 is 0 Å². The van der Waals surface area contributed by atoms with E-state index in [1.807, 2.05) is 0 Å². The Labute approximate surface area is 117 Å². The second-order valence-electron chi connectivity index (χ2n) is 3.68. The topological polar surface area (TPSA) is 55.2 Å². The Kier molecular flexibility index (Phi) is 3.87. The molecule has 0 aromatic heterocycles. The van der Waals surface area contributed by atoms with E-state index in [9.17, 15) is 14.5 Å². The minimum absolute atomic E-state index is 0.218. The molecule has 0 aliphatic rings. The molecule has 2 aromatic carbocycles. The van der Waals surface area contributed by atoms with Gasteiger partial charge in [-0.25, -0.2) is 4.39 Å². The van der Waals surface area contributed by atoms with Gasteiger partial charge in [-0.15, -0.1) is 0 Å². The maximum Gasteiger partial charge on any atom is 0.274 e. The number of halogens is 3. The smallest absolute Gasteiger partial charge is 0.274 e. The number of nitro benzene ring substituents is 1. The van der Waals surface area contributed by atoms with Crippen molar-refractivity contribution in [3.8, 4) is 0 Å². The monoisotopic (exact) mass is 300 g/mol. The van der Waals surface area contributed by atoms with Crippen LogP contribution in [0.2, 0.25) is 10.0 Å². The molecular formula is C12H7Cl2FN2O2. The van der Waals surface area contributed by atoms with Crippen LogP contribution >= 0.6 is 23.2 Å². The maximum atomic E-state index is 13.3. The van der Waals surface area contributed by atoms with Crippen LogP contribution in [-0.2, 0) is 0 Å². The largest absolute Gasteiger partial charge is 0.354 e. The van der Waals surface area contributed by atoms with Gasteiger partial charge in [-0.2, -0.15) is 0 Å². The van der Waals surface area contributed by atoms with E-state index in [1.165, 1.54) is 6.07 Å². The van der Waals surface area contributed by atoms with Crippen LogP contribution in [0.1, 0.15) is 0 Å². The van der Waals surface area contributed by atoms with Crippen molar-refractivity contribution < 1.29 is 9.31 Å². The second kappa shape index (κ2) is 5.42. The first-order chi connectivity index (χ1) is 8.97. The van der Waals surface area contributed by atoms with Crippen molar-refractivity contribution in [3.05, 3.63) is 62.4 Å². The zero-order chi connectivity index (χ0) is 14.0. The van der Waals surface area contributed by atoms with Gasteiger partial charge in [0.15, 0.2) is 0 Å². The SMILES string of the molecule is O=[N+]([O-])c1cc(F)cc(Nc2cccc(Cl)c2Cl)c1. The maximum absolute atomic E-state index is 13.3.